The highest BCUT2D eigenvalue weighted by Crippen LogP contribution is 2.46. The maximum absolute atomic E-state index is 9.71. The van der Waals surface area contributed by atoms with Crippen LogP contribution < -0.4 is 14.4 Å². The summed E-state index contributed by atoms with van der Waals surface area (Å²) in [6, 6.07) is 28.0. The zero-order valence-electron chi connectivity index (χ0n) is 40.5. The van der Waals surface area contributed by atoms with Crippen LogP contribution in [0.2, 0.25) is 0 Å². The van der Waals surface area contributed by atoms with E-state index in [1.807, 2.05) is 42.5 Å². The molecule has 0 fully saturated rings. The second kappa shape index (κ2) is 13.5. The van der Waals surface area contributed by atoms with Crippen LogP contribution in [0.15, 0.2) is 180 Å². The van der Waals surface area contributed by atoms with Gasteiger partial charge in [-0.1, -0.05) is 103 Å². The highest BCUT2D eigenvalue weighted by atomic mass is 32.1. The van der Waals surface area contributed by atoms with Gasteiger partial charge in [0.15, 0.2) is 0 Å². The Hall–Kier alpha value is -6.82. The van der Waals surface area contributed by atoms with Crippen LogP contribution in [0, 0.1) is 0 Å². The average Bonchev–Trinajstić information content (AvgIpc) is 3.95. The molecule has 0 N–H and O–H groups in total. The Bertz CT molecular complexity index is 3600. The summed E-state index contributed by atoms with van der Waals surface area (Å²) in [6.45, 7) is 0. The first-order chi connectivity index (χ1) is 31.7. The second-order valence-corrected chi connectivity index (χ2v) is 13.9. The SMILES string of the molecule is [2H]c1c([2H])c(N(c2cc(OC)cc(OC)c2)c2cccc(-c3c([2H])c([2H])c4c([2H])c([2H])c([2H])c([2H])c4c3[2H])c2)c([2H])c([2H])c1-c1ccc(-c2cc3ccccc3s2)c2c1oc1ccccc12. The summed E-state index contributed by atoms with van der Waals surface area (Å²) in [5.41, 5.74) is 2.90. The predicted molar refractivity (Wildman–Crippen MR) is 231 cm³/mol. The number of hydrogen-bond donors (Lipinski definition) is 0. The van der Waals surface area contributed by atoms with E-state index in [0.29, 0.717) is 33.9 Å². The second-order valence-electron chi connectivity index (χ2n) is 12.8. The largest absolute Gasteiger partial charge is 0.497 e. The number of rotatable bonds is 8. The standard InChI is InChI=1S/C50H35NO3S/c1-52-41-29-40(30-42(31-41)53-2)51(39-14-9-13-35(27-39)36-19-18-32-10-3-4-11-34(32)26-36)38-22-20-33(21-23-38)43-24-25-45(48-28-37-12-5-8-17-47(37)55-48)49-44-15-6-7-16-46(44)54-50(43)49/h3-31H,1-2H3/i3D,4D,10D,11D,18D,19D,20D,21D,22D,23D,26D. The van der Waals surface area contributed by atoms with Crippen molar-refractivity contribution >= 4 is 71.2 Å². The molecule has 0 aliphatic rings. The van der Waals surface area contributed by atoms with Gasteiger partial charge in [-0.25, -0.2) is 0 Å². The third-order valence-corrected chi connectivity index (χ3v) is 10.7. The fraction of sp³-hybridized carbons (Fsp3) is 0.0400. The summed E-state index contributed by atoms with van der Waals surface area (Å²) in [5.74, 6) is 0.709. The summed E-state index contributed by atoms with van der Waals surface area (Å²) < 4.78 is 118. The van der Waals surface area contributed by atoms with Crippen molar-refractivity contribution in [2.45, 2.75) is 0 Å². The van der Waals surface area contributed by atoms with Gasteiger partial charge in [0.1, 0.15) is 22.7 Å². The Kier molecular flexibility index (Phi) is 5.68. The Morgan fingerprint density at radius 1 is 0.564 bits per heavy atom. The lowest BCUT2D eigenvalue weighted by Gasteiger charge is -2.27. The molecule has 2 heterocycles. The molecule has 0 bridgehead atoms. The lowest BCUT2D eigenvalue weighted by Crippen LogP contribution is -2.10. The number of thiophene rings is 1. The molecule has 10 aromatic rings. The smallest absolute Gasteiger partial charge is 0.143 e. The molecular formula is C50H35NO3S. The number of para-hydroxylation sites is 1. The van der Waals surface area contributed by atoms with Crippen LogP contribution in [0.3, 0.4) is 0 Å². The van der Waals surface area contributed by atoms with Gasteiger partial charge in [0, 0.05) is 61.1 Å². The zero-order valence-corrected chi connectivity index (χ0v) is 30.3. The van der Waals surface area contributed by atoms with E-state index in [1.165, 1.54) is 19.1 Å². The van der Waals surface area contributed by atoms with Crippen molar-refractivity contribution in [3.05, 3.63) is 176 Å². The fourth-order valence-corrected chi connectivity index (χ4v) is 8.05. The quantitative estimate of drug-likeness (QED) is 0.155. The first-order valence-electron chi connectivity index (χ1n) is 22.9. The lowest BCUT2D eigenvalue weighted by atomic mass is 9.97. The lowest BCUT2D eigenvalue weighted by molar-refractivity contribution is 0.394. The van der Waals surface area contributed by atoms with Crippen molar-refractivity contribution in [3.8, 4) is 44.2 Å². The summed E-state index contributed by atoms with van der Waals surface area (Å²) in [4.78, 5) is 2.51. The van der Waals surface area contributed by atoms with Crippen LogP contribution >= 0.6 is 11.3 Å². The van der Waals surface area contributed by atoms with Crippen molar-refractivity contribution in [3.63, 3.8) is 0 Å². The van der Waals surface area contributed by atoms with E-state index in [-0.39, 0.29) is 57.0 Å². The molecule has 0 radical (unpaired) electrons. The van der Waals surface area contributed by atoms with Crippen molar-refractivity contribution in [2.24, 2.45) is 0 Å². The monoisotopic (exact) mass is 740 g/mol. The van der Waals surface area contributed by atoms with Gasteiger partial charge in [0.05, 0.1) is 35.0 Å². The minimum Gasteiger partial charge on any atom is -0.497 e. The molecule has 0 saturated carbocycles. The molecule has 4 nitrogen and oxygen atoms in total. The van der Waals surface area contributed by atoms with Crippen LogP contribution in [0.5, 0.6) is 11.5 Å². The molecule has 0 unspecified atom stereocenters. The van der Waals surface area contributed by atoms with E-state index in [9.17, 15) is 6.85 Å². The van der Waals surface area contributed by atoms with Gasteiger partial charge in [-0.3, -0.25) is 0 Å². The molecule has 0 aliphatic carbocycles. The third kappa shape index (κ3) is 5.86. The maximum atomic E-state index is 9.71. The Balaban J connectivity index is 1.21. The van der Waals surface area contributed by atoms with Gasteiger partial charge < -0.3 is 18.8 Å². The average molecular weight is 741 g/mol. The minimum atomic E-state index is -0.573. The fourth-order valence-electron chi connectivity index (χ4n) is 6.95. The number of methoxy groups -OCH3 is 2. The van der Waals surface area contributed by atoms with Crippen LogP contribution in [-0.4, -0.2) is 14.2 Å². The van der Waals surface area contributed by atoms with Gasteiger partial charge in [-0.15, -0.1) is 11.3 Å². The van der Waals surface area contributed by atoms with Crippen molar-refractivity contribution in [1.29, 1.82) is 0 Å². The first kappa shape index (κ1) is 23.1. The number of furan rings is 1. The molecule has 55 heavy (non-hydrogen) atoms. The van der Waals surface area contributed by atoms with Gasteiger partial charge in [0.2, 0.25) is 0 Å². The number of hydrogen-bond acceptors (Lipinski definition) is 5. The van der Waals surface area contributed by atoms with Crippen LogP contribution in [0.1, 0.15) is 15.1 Å². The van der Waals surface area contributed by atoms with Gasteiger partial charge in [-0.05, 0) is 87.4 Å². The third-order valence-electron chi connectivity index (χ3n) is 9.56. The van der Waals surface area contributed by atoms with Crippen LogP contribution in [0.25, 0.3) is 75.5 Å². The van der Waals surface area contributed by atoms with E-state index >= 15 is 0 Å². The van der Waals surface area contributed by atoms with Crippen molar-refractivity contribution < 1.29 is 29.0 Å². The molecule has 8 aromatic carbocycles. The molecule has 5 heteroatoms. The Labute approximate surface area is 338 Å². The summed E-state index contributed by atoms with van der Waals surface area (Å²) in [5, 5.41) is 2.26. The summed E-state index contributed by atoms with van der Waals surface area (Å²) >= 11 is 1.64. The molecule has 0 atom stereocenters. The normalized spacial score (nSPS) is 14.3. The maximum Gasteiger partial charge on any atom is 0.143 e. The topological polar surface area (TPSA) is 34.8 Å². The van der Waals surface area contributed by atoms with Crippen LogP contribution in [-0.2, 0) is 0 Å². The van der Waals surface area contributed by atoms with Crippen molar-refractivity contribution in [2.75, 3.05) is 19.1 Å². The van der Waals surface area contributed by atoms with E-state index < -0.39 is 48.3 Å². The predicted octanol–water partition coefficient (Wildman–Crippen LogP) is 14.4. The van der Waals surface area contributed by atoms with E-state index in [2.05, 4.69) is 18.2 Å². The minimum absolute atomic E-state index is 0.0269. The highest BCUT2D eigenvalue weighted by Gasteiger charge is 2.20. The number of ether oxygens (including phenoxy) is 2. The van der Waals surface area contributed by atoms with Gasteiger partial charge in [-0.2, -0.15) is 0 Å². The van der Waals surface area contributed by atoms with Gasteiger partial charge in [0.25, 0.3) is 0 Å². The van der Waals surface area contributed by atoms with E-state index in [4.69, 9.17) is 22.1 Å². The molecule has 0 aliphatic heterocycles. The zero-order chi connectivity index (χ0) is 46.5. The van der Waals surface area contributed by atoms with Crippen LogP contribution in [0.4, 0.5) is 17.1 Å². The molecule has 0 spiro atoms. The number of fused-ring (bicyclic) bond motifs is 5. The first-order valence-corrected chi connectivity index (χ1v) is 18.2. The van der Waals surface area contributed by atoms with E-state index in [1.54, 1.807) is 59.9 Å². The number of anilines is 3. The molecular weight excluding hydrogens is 695 g/mol. The molecule has 264 valence electrons. The molecule has 2 aromatic heterocycles. The molecule has 0 amide bonds. The number of nitrogens with zero attached hydrogens (tertiary/aromatic N) is 1. The number of benzene rings is 8. The van der Waals surface area contributed by atoms with Crippen molar-refractivity contribution in [1.82, 2.24) is 0 Å². The molecule has 10 rings (SSSR count). The summed E-state index contributed by atoms with van der Waals surface area (Å²) in [6.07, 6.45) is 0. The Morgan fingerprint density at radius 3 is 2.13 bits per heavy atom. The summed E-state index contributed by atoms with van der Waals surface area (Å²) in [7, 11) is 2.94. The molecule has 0 saturated heterocycles. The van der Waals surface area contributed by atoms with Gasteiger partial charge >= 0.3 is 0 Å². The highest BCUT2D eigenvalue weighted by molar-refractivity contribution is 7.22. The Morgan fingerprint density at radius 2 is 1.31 bits per heavy atom. The van der Waals surface area contributed by atoms with E-state index in [0.717, 1.165) is 31.3 Å².